The third-order valence-corrected chi connectivity index (χ3v) is 5.33. The zero-order valence-electron chi connectivity index (χ0n) is 12.3. The molecule has 0 spiro atoms. The summed E-state index contributed by atoms with van der Waals surface area (Å²) in [4.78, 5) is 6.94. The monoisotopic (exact) mass is 259 g/mol. The number of pyridine rings is 1. The van der Waals surface area contributed by atoms with Crippen LogP contribution in [0.15, 0.2) is 18.5 Å². The predicted molar refractivity (Wildman–Crippen MR) is 78.1 cm³/mol. The number of rotatable bonds is 3. The first-order valence-electron chi connectivity index (χ1n) is 7.50. The van der Waals surface area contributed by atoms with Crippen molar-refractivity contribution in [2.75, 3.05) is 14.1 Å². The van der Waals surface area contributed by atoms with E-state index in [0.717, 1.165) is 18.0 Å². The van der Waals surface area contributed by atoms with Gasteiger partial charge in [-0.15, -0.1) is 0 Å². The van der Waals surface area contributed by atoms with E-state index in [1.165, 1.54) is 36.8 Å². The summed E-state index contributed by atoms with van der Waals surface area (Å²) in [7, 11) is 4.40. The average molecular weight is 259 g/mol. The number of nitrogens with zero attached hydrogens (tertiary/aromatic N) is 2. The van der Waals surface area contributed by atoms with E-state index in [0.29, 0.717) is 6.04 Å². The summed E-state index contributed by atoms with van der Waals surface area (Å²) in [5, 5.41) is 3.55. The Labute approximate surface area is 116 Å². The van der Waals surface area contributed by atoms with E-state index in [4.69, 9.17) is 0 Å². The van der Waals surface area contributed by atoms with E-state index in [1.54, 1.807) is 0 Å². The van der Waals surface area contributed by atoms with Gasteiger partial charge in [-0.05, 0) is 69.8 Å². The second-order valence-corrected chi connectivity index (χ2v) is 6.28. The first kappa shape index (κ1) is 13.1. The zero-order chi connectivity index (χ0) is 13.4. The molecule has 3 heteroatoms. The van der Waals surface area contributed by atoms with Crippen molar-refractivity contribution in [3.63, 3.8) is 0 Å². The molecule has 19 heavy (non-hydrogen) atoms. The minimum absolute atomic E-state index is 0.463. The van der Waals surface area contributed by atoms with Crippen molar-refractivity contribution in [3.8, 4) is 0 Å². The molecule has 3 heterocycles. The van der Waals surface area contributed by atoms with E-state index in [-0.39, 0.29) is 0 Å². The third kappa shape index (κ3) is 2.30. The molecule has 3 nitrogen and oxygen atoms in total. The zero-order valence-corrected chi connectivity index (χ0v) is 12.3. The Morgan fingerprint density at radius 1 is 1.32 bits per heavy atom. The Morgan fingerprint density at radius 2 is 2.00 bits per heavy atom. The Morgan fingerprint density at radius 3 is 2.58 bits per heavy atom. The molecule has 2 aliphatic heterocycles. The molecule has 2 saturated heterocycles. The van der Waals surface area contributed by atoms with Gasteiger partial charge in [0.1, 0.15) is 0 Å². The average Bonchev–Trinajstić information content (AvgIpc) is 2.65. The van der Waals surface area contributed by atoms with Crippen LogP contribution in [0.25, 0.3) is 0 Å². The Hall–Kier alpha value is -0.930. The number of fused-ring (bicyclic) bond motifs is 2. The van der Waals surface area contributed by atoms with Crippen LogP contribution >= 0.6 is 0 Å². The highest BCUT2D eigenvalue weighted by molar-refractivity contribution is 5.26. The van der Waals surface area contributed by atoms with E-state index in [1.807, 2.05) is 6.20 Å². The minimum atomic E-state index is 0.463. The van der Waals surface area contributed by atoms with Crippen molar-refractivity contribution >= 4 is 0 Å². The molecule has 2 fully saturated rings. The summed E-state index contributed by atoms with van der Waals surface area (Å²) in [5.41, 5.74) is 2.75. The SMILES string of the molecule is CNC(c1cnccc1C)C1CC2CCC(C1)N2C. The highest BCUT2D eigenvalue weighted by atomic mass is 15.2. The summed E-state index contributed by atoms with van der Waals surface area (Å²) >= 11 is 0. The summed E-state index contributed by atoms with van der Waals surface area (Å²) in [6.07, 6.45) is 9.38. The van der Waals surface area contributed by atoms with Gasteiger partial charge >= 0.3 is 0 Å². The van der Waals surface area contributed by atoms with Gasteiger partial charge in [-0.3, -0.25) is 4.98 Å². The van der Waals surface area contributed by atoms with Gasteiger partial charge in [0.25, 0.3) is 0 Å². The quantitative estimate of drug-likeness (QED) is 0.904. The van der Waals surface area contributed by atoms with Gasteiger partial charge in [0.15, 0.2) is 0 Å². The molecule has 0 saturated carbocycles. The molecule has 0 aliphatic carbocycles. The first-order chi connectivity index (χ1) is 9.20. The molecule has 3 unspecified atom stereocenters. The van der Waals surface area contributed by atoms with E-state index in [2.05, 4.69) is 48.5 Å². The summed E-state index contributed by atoms with van der Waals surface area (Å²) < 4.78 is 0. The van der Waals surface area contributed by atoms with Crippen LogP contribution in [0.2, 0.25) is 0 Å². The van der Waals surface area contributed by atoms with Crippen molar-refractivity contribution in [3.05, 3.63) is 29.6 Å². The fraction of sp³-hybridized carbons (Fsp3) is 0.688. The second kappa shape index (κ2) is 5.22. The van der Waals surface area contributed by atoms with E-state index in [9.17, 15) is 0 Å². The molecule has 3 rings (SSSR count). The number of hydrogen-bond acceptors (Lipinski definition) is 3. The van der Waals surface area contributed by atoms with Gasteiger partial charge in [-0.1, -0.05) is 0 Å². The molecular formula is C16H25N3. The molecule has 1 aromatic heterocycles. The molecular weight excluding hydrogens is 234 g/mol. The highest BCUT2D eigenvalue weighted by Gasteiger charge is 2.41. The lowest BCUT2D eigenvalue weighted by atomic mass is 9.81. The molecule has 1 N–H and O–H groups in total. The molecule has 3 atom stereocenters. The standard InChI is InChI=1S/C16H25N3/c1-11-6-7-18-10-15(11)16(17-2)12-8-13-4-5-14(9-12)19(13)3/h6-7,10,12-14,16-17H,4-5,8-9H2,1-3H3. The lowest BCUT2D eigenvalue weighted by Crippen LogP contribution is -2.43. The van der Waals surface area contributed by atoms with Crippen LogP contribution in [0.5, 0.6) is 0 Å². The lowest BCUT2D eigenvalue weighted by Gasteiger charge is -2.40. The maximum Gasteiger partial charge on any atom is 0.0365 e. The van der Waals surface area contributed by atoms with Gasteiger partial charge < -0.3 is 10.2 Å². The molecule has 104 valence electrons. The predicted octanol–water partition coefficient (Wildman–Crippen LogP) is 2.52. The van der Waals surface area contributed by atoms with Gasteiger partial charge in [-0.2, -0.15) is 0 Å². The fourth-order valence-corrected chi connectivity index (χ4v) is 4.17. The van der Waals surface area contributed by atoms with Gasteiger partial charge in [-0.25, -0.2) is 0 Å². The Kier molecular flexibility index (Phi) is 3.59. The van der Waals surface area contributed by atoms with Crippen LogP contribution < -0.4 is 5.32 Å². The number of hydrogen-bond donors (Lipinski definition) is 1. The van der Waals surface area contributed by atoms with Crippen molar-refractivity contribution in [1.82, 2.24) is 15.2 Å². The number of aromatic nitrogens is 1. The van der Waals surface area contributed by atoms with Crippen LogP contribution in [0, 0.1) is 12.8 Å². The molecule has 2 bridgehead atoms. The second-order valence-electron chi connectivity index (χ2n) is 6.28. The molecule has 2 aliphatic rings. The maximum absolute atomic E-state index is 4.33. The van der Waals surface area contributed by atoms with Crippen molar-refractivity contribution in [2.24, 2.45) is 5.92 Å². The van der Waals surface area contributed by atoms with Crippen LogP contribution in [0.4, 0.5) is 0 Å². The molecule has 1 aromatic rings. The van der Waals surface area contributed by atoms with Gasteiger partial charge in [0.05, 0.1) is 0 Å². The third-order valence-electron chi connectivity index (χ3n) is 5.33. The van der Waals surface area contributed by atoms with Gasteiger partial charge in [0, 0.05) is 30.5 Å². The maximum atomic E-state index is 4.33. The molecule has 0 amide bonds. The lowest BCUT2D eigenvalue weighted by molar-refractivity contribution is 0.114. The topological polar surface area (TPSA) is 28.2 Å². The minimum Gasteiger partial charge on any atom is -0.313 e. The van der Waals surface area contributed by atoms with Crippen LogP contribution in [-0.2, 0) is 0 Å². The normalized spacial score (nSPS) is 32.5. The molecule has 0 radical (unpaired) electrons. The fourth-order valence-electron chi connectivity index (χ4n) is 4.17. The summed E-state index contributed by atoms with van der Waals surface area (Å²) in [6.45, 7) is 2.20. The van der Waals surface area contributed by atoms with E-state index >= 15 is 0 Å². The Bertz CT molecular complexity index is 431. The van der Waals surface area contributed by atoms with E-state index < -0.39 is 0 Å². The molecule has 0 aromatic carbocycles. The Balaban J connectivity index is 1.82. The largest absolute Gasteiger partial charge is 0.313 e. The van der Waals surface area contributed by atoms with Crippen molar-refractivity contribution in [2.45, 2.75) is 50.7 Å². The summed E-state index contributed by atoms with van der Waals surface area (Å²) in [6, 6.07) is 4.20. The number of aryl methyl sites for hydroxylation is 1. The number of nitrogens with one attached hydrogen (secondary N) is 1. The first-order valence-corrected chi connectivity index (χ1v) is 7.50. The number of piperidine rings is 1. The van der Waals surface area contributed by atoms with Crippen molar-refractivity contribution in [1.29, 1.82) is 0 Å². The van der Waals surface area contributed by atoms with Crippen molar-refractivity contribution < 1.29 is 0 Å². The van der Waals surface area contributed by atoms with Crippen LogP contribution in [0.3, 0.4) is 0 Å². The summed E-state index contributed by atoms with van der Waals surface area (Å²) in [5.74, 6) is 0.751. The highest BCUT2D eigenvalue weighted by Crippen LogP contribution is 2.42. The smallest absolute Gasteiger partial charge is 0.0365 e. The van der Waals surface area contributed by atoms with Crippen LogP contribution in [0.1, 0.15) is 42.9 Å². The van der Waals surface area contributed by atoms with Crippen LogP contribution in [-0.4, -0.2) is 36.1 Å². The van der Waals surface area contributed by atoms with Gasteiger partial charge in [0.2, 0.25) is 0 Å².